The molecule has 1 unspecified atom stereocenters. The number of aliphatic hydroxyl groups excluding tert-OH is 2. The van der Waals surface area contributed by atoms with E-state index in [1.54, 1.807) is 0 Å². The van der Waals surface area contributed by atoms with Gasteiger partial charge in [-0.2, -0.15) is 0 Å². The number of ether oxygens (including phenoxy) is 1. The van der Waals surface area contributed by atoms with Crippen LogP contribution in [0.4, 0.5) is 0 Å². The summed E-state index contributed by atoms with van der Waals surface area (Å²) in [5, 5.41) is 31.2. The van der Waals surface area contributed by atoms with Crippen LogP contribution in [0.1, 0.15) is 12.1 Å². The summed E-state index contributed by atoms with van der Waals surface area (Å²) in [6.45, 7) is 0.966. The number of hydrogen-bond acceptors (Lipinski definition) is 9. The minimum absolute atomic E-state index is 0.247. The standard InChI is InChI=1S/C13H17N4O8P/c1-7-14-3-5-17(7)26(22,23)24-6-8-10(19)11(20)12(25-8)16-4-2-9(18)15-13(16)21/h2-5,8,10-12,19-20H,6H2,1H3,(H,22,23)(H,15,18,21)/p-1/t8-,10-,11-,12-/m1/s1. The van der Waals surface area contributed by atoms with Crippen molar-refractivity contribution in [2.75, 3.05) is 6.61 Å². The molecule has 1 fully saturated rings. The Morgan fingerprint density at radius 3 is 2.73 bits per heavy atom. The van der Waals surface area contributed by atoms with Crippen LogP contribution in [0.3, 0.4) is 0 Å². The van der Waals surface area contributed by atoms with E-state index in [4.69, 9.17) is 9.26 Å². The quantitative estimate of drug-likeness (QED) is 0.492. The number of hydrogen-bond donors (Lipinski definition) is 3. The molecule has 13 heteroatoms. The molecular formula is C13H16N4O8P-. The van der Waals surface area contributed by atoms with E-state index in [1.807, 2.05) is 0 Å². The van der Waals surface area contributed by atoms with Crippen molar-refractivity contribution < 1.29 is 34.0 Å². The molecule has 1 aliphatic rings. The molecule has 0 saturated carbocycles. The van der Waals surface area contributed by atoms with E-state index >= 15 is 0 Å². The van der Waals surface area contributed by atoms with Gasteiger partial charge in [-0.15, -0.1) is 0 Å². The maximum atomic E-state index is 12.2. The predicted octanol–water partition coefficient (Wildman–Crippen LogP) is -1.89. The first-order chi connectivity index (χ1) is 12.2. The fourth-order valence-electron chi connectivity index (χ4n) is 2.56. The third-order valence-corrected chi connectivity index (χ3v) is 5.35. The molecule has 0 radical (unpaired) electrons. The smallest absolute Gasteiger partial charge is 0.437 e. The van der Waals surface area contributed by atoms with Gasteiger partial charge in [-0.05, 0) is 18.9 Å². The summed E-state index contributed by atoms with van der Waals surface area (Å²) in [5.41, 5.74) is -0.961. The summed E-state index contributed by atoms with van der Waals surface area (Å²) >= 11 is 0. The zero-order valence-electron chi connectivity index (χ0n) is 13.4. The molecule has 0 amide bonds. The number of imidazole rings is 1. The van der Waals surface area contributed by atoms with E-state index in [-0.39, 0.29) is 5.82 Å². The number of aryl methyl sites for hydroxylation is 1. The summed E-state index contributed by atoms with van der Waals surface area (Å²) in [6, 6.07) is 0.997. The highest BCUT2D eigenvalue weighted by Crippen LogP contribution is 2.45. The number of rotatable bonds is 5. The summed E-state index contributed by atoms with van der Waals surface area (Å²) in [5.74, 6) is -0.506. The van der Waals surface area contributed by atoms with Crippen LogP contribution in [-0.4, -0.2) is 58.9 Å². The maximum absolute atomic E-state index is 12.2. The first-order valence-corrected chi connectivity index (χ1v) is 8.99. The first kappa shape index (κ1) is 18.7. The molecule has 12 nitrogen and oxygen atoms in total. The Hall–Kier alpha value is -2.08. The van der Waals surface area contributed by atoms with Crippen LogP contribution in [0.25, 0.3) is 0 Å². The number of nitrogens with zero attached hydrogens (tertiary/aromatic N) is 4. The van der Waals surface area contributed by atoms with Crippen LogP contribution in [0.5, 0.6) is 5.88 Å². The molecule has 3 heterocycles. The molecule has 142 valence electrons. The van der Waals surface area contributed by atoms with Gasteiger partial charge < -0.3 is 24.9 Å². The Labute approximate surface area is 146 Å². The fraction of sp³-hybridized carbons (Fsp3) is 0.462. The van der Waals surface area contributed by atoms with E-state index in [0.717, 1.165) is 21.2 Å². The van der Waals surface area contributed by atoms with Gasteiger partial charge in [-0.25, -0.2) is 23.7 Å². The van der Waals surface area contributed by atoms with Gasteiger partial charge in [0.15, 0.2) is 6.23 Å². The van der Waals surface area contributed by atoms with Crippen LogP contribution in [-0.2, 0) is 13.8 Å². The highest BCUT2D eigenvalue weighted by molar-refractivity contribution is 7.51. The lowest BCUT2D eigenvalue weighted by Crippen LogP contribution is -2.36. The van der Waals surface area contributed by atoms with E-state index in [9.17, 15) is 29.6 Å². The number of aliphatic hydroxyl groups is 2. The molecule has 1 aliphatic heterocycles. The molecule has 0 bridgehead atoms. The van der Waals surface area contributed by atoms with Crippen molar-refractivity contribution in [3.63, 3.8) is 0 Å². The molecule has 3 rings (SSSR count). The Balaban J connectivity index is 1.73. The van der Waals surface area contributed by atoms with Gasteiger partial charge in [0.05, 0.1) is 6.61 Å². The Morgan fingerprint density at radius 2 is 2.12 bits per heavy atom. The highest BCUT2D eigenvalue weighted by atomic mass is 31.2. The first-order valence-electron chi connectivity index (χ1n) is 7.46. The van der Waals surface area contributed by atoms with Gasteiger partial charge in [0.1, 0.15) is 24.1 Å². The second kappa shape index (κ2) is 6.91. The van der Waals surface area contributed by atoms with Gasteiger partial charge in [0.2, 0.25) is 0 Å². The summed E-state index contributed by atoms with van der Waals surface area (Å²) in [7, 11) is -4.28. The lowest BCUT2D eigenvalue weighted by atomic mass is 10.1. The van der Waals surface area contributed by atoms with Crippen LogP contribution in [0.15, 0.2) is 29.5 Å². The van der Waals surface area contributed by atoms with Gasteiger partial charge in [0, 0.05) is 18.6 Å². The van der Waals surface area contributed by atoms with E-state index in [2.05, 4.69) is 9.97 Å². The predicted molar refractivity (Wildman–Crippen MR) is 82.0 cm³/mol. The van der Waals surface area contributed by atoms with Crippen molar-refractivity contribution in [1.29, 1.82) is 0 Å². The van der Waals surface area contributed by atoms with Gasteiger partial charge in [0.25, 0.3) is 0 Å². The van der Waals surface area contributed by atoms with Crippen molar-refractivity contribution in [2.45, 2.75) is 31.5 Å². The zero-order valence-corrected chi connectivity index (χ0v) is 14.3. The second-order valence-corrected chi connectivity index (χ2v) is 7.28. The molecular weight excluding hydrogens is 371 g/mol. The third-order valence-electron chi connectivity index (χ3n) is 3.90. The van der Waals surface area contributed by atoms with E-state index in [1.165, 1.54) is 19.3 Å². The van der Waals surface area contributed by atoms with Crippen molar-refractivity contribution in [1.82, 2.24) is 18.9 Å². The molecule has 0 spiro atoms. The highest BCUT2D eigenvalue weighted by Gasteiger charge is 2.45. The van der Waals surface area contributed by atoms with Crippen molar-refractivity contribution in [2.24, 2.45) is 0 Å². The molecule has 26 heavy (non-hydrogen) atoms. The van der Waals surface area contributed by atoms with Crippen LogP contribution in [0.2, 0.25) is 0 Å². The van der Waals surface area contributed by atoms with Crippen molar-refractivity contribution >= 4 is 7.75 Å². The molecule has 3 N–H and O–H groups in total. The Morgan fingerprint density at radius 1 is 1.38 bits per heavy atom. The second-order valence-electron chi connectivity index (χ2n) is 5.61. The monoisotopic (exact) mass is 387 g/mol. The average Bonchev–Trinajstić information content (AvgIpc) is 3.12. The molecule has 1 saturated heterocycles. The lowest BCUT2D eigenvalue weighted by Gasteiger charge is -2.19. The molecule has 5 atom stereocenters. The largest absolute Gasteiger partial charge is 0.858 e. The van der Waals surface area contributed by atoms with Gasteiger partial charge in [-0.1, -0.05) is 0 Å². The van der Waals surface area contributed by atoms with Crippen LogP contribution >= 0.6 is 7.75 Å². The van der Waals surface area contributed by atoms with Crippen molar-refractivity contribution in [3.05, 3.63) is 41.0 Å². The zero-order chi connectivity index (χ0) is 19.1. The lowest BCUT2D eigenvalue weighted by molar-refractivity contribution is -0.275. The molecule has 2 aromatic rings. The maximum Gasteiger partial charge on any atom is 0.437 e. The van der Waals surface area contributed by atoms with Crippen LogP contribution in [0, 0.1) is 6.92 Å². The van der Waals surface area contributed by atoms with Gasteiger partial charge >= 0.3 is 13.4 Å². The average molecular weight is 387 g/mol. The normalized spacial score (nSPS) is 28.2. The van der Waals surface area contributed by atoms with E-state index < -0.39 is 50.5 Å². The van der Waals surface area contributed by atoms with Crippen LogP contribution < -0.4 is 10.8 Å². The van der Waals surface area contributed by atoms with E-state index in [0.29, 0.717) is 0 Å². The molecule has 0 aromatic carbocycles. The van der Waals surface area contributed by atoms with Gasteiger partial charge in [-0.3, -0.25) is 9.09 Å². The SMILES string of the molecule is Cc1nccn1P(=O)(O)OC[C@H]1O[C@@H](n2ccc([O-])nc2=O)[C@H](O)[C@@H]1O. The fourth-order valence-corrected chi connectivity index (χ4v) is 3.67. The summed E-state index contributed by atoms with van der Waals surface area (Å²) in [6.07, 6.45) is -1.90. The Kier molecular flexibility index (Phi) is 4.97. The molecule has 0 aliphatic carbocycles. The number of aromatic nitrogens is 4. The molecule has 2 aromatic heterocycles. The topological polar surface area (TPSA) is 172 Å². The minimum atomic E-state index is -4.28. The van der Waals surface area contributed by atoms with Crippen molar-refractivity contribution in [3.8, 4) is 5.88 Å². The third kappa shape index (κ3) is 3.43. The summed E-state index contributed by atoms with van der Waals surface area (Å²) in [4.78, 5) is 28.7. The minimum Gasteiger partial charge on any atom is -0.858 e. The Bertz CT molecular complexity index is 898. The summed E-state index contributed by atoms with van der Waals surface area (Å²) < 4.78 is 24.4.